The van der Waals surface area contributed by atoms with Gasteiger partial charge in [0.1, 0.15) is 0 Å². The van der Waals surface area contributed by atoms with E-state index < -0.39 is 5.41 Å². The minimum atomic E-state index is -0.564. The van der Waals surface area contributed by atoms with Crippen molar-refractivity contribution in [1.82, 2.24) is 10.2 Å². The Morgan fingerprint density at radius 3 is 2.23 bits per heavy atom. The van der Waals surface area contributed by atoms with Crippen LogP contribution < -0.4 is 5.32 Å². The standard InChI is InChI=1S/C31H25N3O/c1-31(18-26-21-12-4-6-14-24(21)29(31)25-15-7-5-13-22(25)26)30(35)32-28-17-27(33-34-28)23-16-8-10-19-9-2-3-11-20(19)23/h2-17,26,29H,18H2,1H3,(H2,32,33,34,35). The van der Waals surface area contributed by atoms with Crippen LogP contribution in [0.5, 0.6) is 0 Å². The number of rotatable bonds is 3. The molecule has 35 heavy (non-hydrogen) atoms. The Kier molecular flexibility index (Phi) is 4.28. The summed E-state index contributed by atoms with van der Waals surface area (Å²) in [7, 11) is 0. The Balaban J connectivity index is 1.24. The van der Waals surface area contributed by atoms with Crippen LogP contribution in [-0.4, -0.2) is 16.1 Å². The second kappa shape index (κ2) is 7.41. The minimum Gasteiger partial charge on any atom is -0.309 e. The lowest BCUT2D eigenvalue weighted by molar-refractivity contribution is -0.126. The number of hydrogen-bond acceptors (Lipinski definition) is 2. The molecule has 4 nitrogen and oxygen atoms in total. The van der Waals surface area contributed by atoms with E-state index in [2.05, 4.69) is 95.2 Å². The van der Waals surface area contributed by atoms with Crippen LogP contribution in [0, 0.1) is 5.41 Å². The monoisotopic (exact) mass is 455 g/mol. The number of aromatic nitrogens is 2. The molecule has 8 rings (SSSR count). The second-order valence-electron chi connectivity index (χ2n) is 10.0. The van der Waals surface area contributed by atoms with Crippen molar-refractivity contribution in [3.8, 4) is 11.3 Å². The predicted octanol–water partition coefficient (Wildman–Crippen LogP) is 6.86. The summed E-state index contributed by atoms with van der Waals surface area (Å²) < 4.78 is 0. The van der Waals surface area contributed by atoms with E-state index in [4.69, 9.17) is 0 Å². The van der Waals surface area contributed by atoms with Gasteiger partial charge in [-0.1, -0.05) is 91.0 Å². The predicted molar refractivity (Wildman–Crippen MR) is 139 cm³/mol. The number of aromatic amines is 1. The van der Waals surface area contributed by atoms with Gasteiger partial charge in [-0.15, -0.1) is 0 Å². The van der Waals surface area contributed by atoms with Crippen molar-refractivity contribution < 1.29 is 4.79 Å². The number of carbonyl (C=O) groups excluding carboxylic acids is 1. The summed E-state index contributed by atoms with van der Waals surface area (Å²) in [6.45, 7) is 2.12. The molecule has 0 saturated carbocycles. The third-order valence-corrected chi connectivity index (χ3v) is 8.05. The third kappa shape index (κ3) is 2.93. The highest BCUT2D eigenvalue weighted by molar-refractivity contribution is 5.99. The van der Waals surface area contributed by atoms with Gasteiger partial charge in [-0.25, -0.2) is 0 Å². The van der Waals surface area contributed by atoms with E-state index >= 15 is 0 Å². The second-order valence-corrected chi connectivity index (χ2v) is 10.0. The van der Waals surface area contributed by atoms with Crippen LogP contribution in [0.1, 0.15) is 47.4 Å². The molecule has 0 saturated heterocycles. The molecule has 1 unspecified atom stereocenters. The van der Waals surface area contributed by atoms with Gasteiger partial charge in [-0.05, 0) is 46.4 Å². The SMILES string of the molecule is CC1(C(=O)Nc2cc(-c3cccc4ccccc34)[nH]n2)CC2c3ccccc3C1c1ccccc12. The van der Waals surface area contributed by atoms with Crippen LogP contribution in [0.2, 0.25) is 0 Å². The Morgan fingerprint density at radius 1 is 0.857 bits per heavy atom. The Bertz CT molecular complexity index is 1560. The van der Waals surface area contributed by atoms with E-state index in [1.807, 2.05) is 24.3 Å². The number of hydrogen-bond donors (Lipinski definition) is 2. The summed E-state index contributed by atoms with van der Waals surface area (Å²) >= 11 is 0. The average molecular weight is 456 g/mol. The molecule has 2 N–H and O–H groups in total. The first-order chi connectivity index (χ1) is 17.1. The molecule has 0 radical (unpaired) electrons. The molecule has 1 aromatic heterocycles. The highest BCUT2D eigenvalue weighted by Crippen LogP contribution is 2.61. The molecule has 0 spiro atoms. The van der Waals surface area contributed by atoms with Crippen molar-refractivity contribution >= 4 is 22.5 Å². The molecular formula is C31H25N3O. The van der Waals surface area contributed by atoms with Gasteiger partial charge in [0.05, 0.1) is 11.1 Å². The highest BCUT2D eigenvalue weighted by Gasteiger charge is 2.53. The number of fused-ring (bicyclic) bond motifs is 2. The molecule has 5 aromatic rings. The molecule has 3 aliphatic rings. The molecule has 4 heteroatoms. The minimum absolute atomic E-state index is 0.0208. The van der Waals surface area contributed by atoms with Gasteiger partial charge in [-0.3, -0.25) is 9.89 Å². The van der Waals surface area contributed by atoms with Gasteiger partial charge in [-0.2, -0.15) is 5.10 Å². The number of carbonyl (C=O) groups is 1. The lowest BCUT2D eigenvalue weighted by Gasteiger charge is -2.50. The molecule has 2 bridgehead atoms. The van der Waals surface area contributed by atoms with Crippen LogP contribution in [-0.2, 0) is 4.79 Å². The van der Waals surface area contributed by atoms with Crippen molar-refractivity contribution in [2.45, 2.75) is 25.2 Å². The van der Waals surface area contributed by atoms with E-state index in [9.17, 15) is 4.79 Å². The van der Waals surface area contributed by atoms with Gasteiger partial charge < -0.3 is 5.32 Å². The number of nitrogens with zero attached hydrogens (tertiary/aromatic N) is 1. The van der Waals surface area contributed by atoms with Gasteiger partial charge in [0, 0.05) is 23.5 Å². The van der Waals surface area contributed by atoms with Crippen LogP contribution >= 0.6 is 0 Å². The fourth-order valence-corrected chi connectivity index (χ4v) is 6.43. The smallest absolute Gasteiger partial charge is 0.232 e. The van der Waals surface area contributed by atoms with E-state index in [1.54, 1.807) is 0 Å². The zero-order valence-corrected chi connectivity index (χ0v) is 19.5. The molecule has 0 aliphatic heterocycles. The van der Waals surface area contributed by atoms with E-state index in [1.165, 1.54) is 27.6 Å². The molecular weight excluding hydrogens is 430 g/mol. The summed E-state index contributed by atoms with van der Waals surface area (Å²) in [5, 5.41) is 13.1. The molecule has 3 aliphatic carbocycles. The first-order valence-corrected chi connectivity index (χ1v) is 12.2. The van der Waals surface area contributed by atoms with Gasteiger partial charge >= 0.3 is 0 Å². The van der Waals surface area contributed by atoms with Gasteiger partial charge in [0.2, 0.25) is 5.91 Å². The molecule has 0 fully saturated rings. The van der Waals surface area contributed by atoms with Crippen molar-refractivity contribution in [3.05, 3.63) is 119 Å². The maximum atomic E-state index is 13.9. The maximum absolute atomic E-state index is 13.9. The van der Waals surface area contributed by atoms with E-state index in [0.717, 1.165) is 23.1 Å². The zero-order chi connectivity index (χ0) is 23.6. The summed E-state index contributed by atoms with van der Waals surface area (Å²) in [6.07, 6.45) is 0.790. The molecule has 170 valence electrons. The van der Waals surface area contributed by atoms with Crippen LogP contribution in [0.3, 0.4) is 0 Å². The van der Waals surface area contributed by atoms with E-state index in [-0.39, 0.29) is 17.7 Å². The maximum Gasteiger partial charge on any atom is 0.232 e. The number of nitrogens with one attached hydrogen (secondary N) is 2. The quantitative estimate of drug-likeness (QED) is 0.312. The lowest BCUT2D eigenvalue weighted by atomic mass is 9.52. The fraction of sp³-hybridized carbons (Fsp3) is 0.161. The summed E-state index contributed by atoms with van der Waals surface area (Å²) in [4.78, 5) is 13.9. The first kappa shape index (κ1) is 20.2. The topological polar surface area (TPSA) is 57.8 Å². The fourth-order valence-electron chi connectivity index (χ4n) is 6.43. The average Bonchev–Trinajstić information content (AvgIpc) is 3.36. The summed E-state index contributed by atoms with van der Waals surface area (Å²) in [6, 6.07) is 33.7. The van der Waals surface area contributed by atoms with Crippen molar-refractivity contribution in [2.24, 2.45) is 5.41 Å². The number of anilines is 1. The summed E-state index contributed by atoms with van der Waals surface area (Å²) in [5.41, 5.74) is 6.67. The van der Waals surface area contributed by atoms with Gasteiger partial charge in [0.25, 0.3) is 0 Å². The largest absolute Gasteiger partial charge is 0.309 e. The lowest BCUT2D eigenvalue weighted by Crippen LogP contribution is -2.47. The first-order valence-electron chi connectivity index (χ1n) is 12.2. The molecule has 1 atom stereocenters. The number of H-pyrrole nitrogens is 1. The van der Waals surface area contributed by atoms with E-state index in [0.29, 0.717) is 5.82 Å². The normalized spacial score (nSPS) is 22.0. The number of benzene rings is 4. The van der Waals surface area contributed by atoms with Crippen LogP contribution in [0.25, 0.3) is 22.0 Å². The summed E-state index contributed by atoms with van der Waals surface area (Å²) in [5.74, 6) is 0.833. The highest BCUT2D eigenvalue weighted by atomic mass is 16.2. The van der Waals surface area contributed by atoms with Crippen molar-refractivity contribution in [2.75, 3.05) is 5.32 Å². The molecule has 1 heterocycles. The zero-order valence-electron chi connectivity index (χ0n) is 19.5. The van der Waals surface area contributed by atoms with Crippen molar-refractivity contribution in [1.29, 1.82) is 0 Å². The Morgan fingerprint density at radius 2 is 1.49 bits per heavy atom. The number of amides is 1. The molecule has 4 aromatic carbocycles. The van der Waals surface area contributed by atoms with Crippen LogP contribution in [0.15, 0.2) is 97.1 Å². The third-order valence-electron chi connectivity index (χ3n) is 8.05. The van der Waals surface area contributed by atoms with Crippen LogP contribution in [0.4, 0.5) is 5.82 Å². The van der Waals surface area contributed by atoms with Crippen molar-refractivity contribution in [3.63, 3.8) is 0 Å². The Hall–Kier alpha value is -4.18. The Labute approximate surface area is 204 Å². The molecule has 1 amide bonds. The van der Waals surface area contributed by atoms with Gasteiger partial charge in [0.15, 0.2) is 5.82 Å².